The first-order chi connectivity index (χ1) is 14.6. The quantitative estimate of drug-likeness (QED) is 0.426. The molecule has 0 fully saturated rings. The van der Waals surface area contributed by atoms with Crippen molar-refractivity contribution < 1.29 is 18.7 Å². The third-order valence-electron chi connectivity index (χ3n) is 4.19. The Balaban J connectivity index is 1.32. The number of esters is 1. The number of aryl methyl sites for hydroxylation is 1. The Bertz CT molecular complexity index is 1130. The maximum Gasteiger partial charge on any atom is 0.330 e. The maximum absolute atomic E-state index is 12.1. The first-order valence-corrected chi connectivity index (χ1v) is 9.08. The average molecular weight is 406 g/mol. The number of nitrogens with zero attached hydrogens (tertiary/aromatic N) is 6. The number of tetrazole rings is 1. The molecule has 0 radical (unpaired) electrons. The lowest BCUT2D eigenvalue weighted by Gasteiger charge is -2.01. The van der Waals surface area contributed by atoms with Crippen molar-refractivity contribution in [1.82, 2.24) is 30.4 Å². The predicted molar refractivity (Wildman–Crippen MR) is 104 cm³/mol. The molecule has 0 saturated heterocycles. The first kappa shape index (κ1) is 19.2. The fraction of sp³-hybridized carbons (Fsp3) is 0.200. The molecule has 0 aliphatic rings. The third kappa shape index (κ3) is 4.49. The summed E-state index contributed by atoms with van der Waals surface area (Å²) >= 11 is 0. The van der Waals surface area contributed by atoms with E-state index in [1.165, 1.54) is 4.80 Å². The number of hydrogen-bond donors (Lipinski definition) is 0. The molecule has 0 aliphatic carbocycles. The van der Waals surface area contributed by atoms with Gasteiger partial charge in [-0.25, -0.2) is 4.79 Å². The second-order valence-electron chi connectivity index (χ2n) is 6.40. The van der Waals surface area contributed by atoms with Crippen molar-refractivity contribution in [3.8, 4) is 28.6 Å². The second kappa shape index (κ2) is 8.52. The van der Waals surface area contributed by atoms with E-state index < -0.39 is 5.97 Å². The number of rotatable bonds is 7. The molecular formula is C20H18N6O4. The van der Waals surface area contributed by atoms with Crippen LogP contribution in [-0.2, 0) is 22.7 Å². The summed E-state index contributed by atoms with van der Waals surface area (Å²) in [5.74, 6) is 1.11. The Hall–Kier alpha value is -4.08. The lowest BCUT2D eigenvalue weighted by atomic mass is 10.1. The molecule has 0 spiro atoms. The lowest BCUT2D eigenvalue weighted by molar-refractivity contribution is -0.146. The van der Waals surface area contributed by atoms with Crippen molar-refractivity contribution in [1.29, 1.82) is 0 Å². The Kier molecular flexibility index (Phi) is 5.46. The fourth-order valence-corrected chi connectivity index (χ4v) is 2.59. The van der Waals surface area contributed by atoms with Gasteiger partial charge in [0, 0.05) is 11.1 Å². The molecule has 30 heavy (non-hydrogen) atoms. The monoisotopic (exact) mass is 406 g/mol. The van der Waals surface area contributed by atoms with Crippen LogP contribution in [0.3, 0.4) is 0 Å². The molecule has 2 aromatic carbocycles. The van der Waals surface area contributed by atoms with Crippen molar-refractivity contribution in [3.05, 3.63) is 60.0 Å². The number of methoxy groups -OCH3 is 1. The van der Waals surface area contributed by atoms with Crippen molar-refractivity contribution in [2.45, 2.75) is 20.1 Å². The minimum absolute atomic E-state index is 0.151. The van der Waals surface area contributed by atoms with Gasteiger partial charge in [0.2, 0.25) is 11.7 Å². The van der Waals surface area contributed by atoms with Crippen molar-refractivity contribution in [2.75, 3.05) is 7.11 Å². The van der Waals surface area contributed by atoms with E-state index in [0.29, 0.717) is 11.7 Å². The van der Waals surface area contributed by atoms with Crippen LogP contribution in [0.15, 0.2) is 52.9 Å². The number of ether oxygens (including phenoxy) is 2. The summed E-state index contributed by atoms with van der Waals surface area (Å²) < 4.78 is 15.8. The molecule has 2 heterocycles. The number of carbonyl (C=O) groups is 1. The molecule has 2 aromatic heterocycles. The fourth-order valence-electron chi connectivity index (χ4n) is 2.59. The molecule has 0 bridgehead atoms. The minimum Gasteiger partial charge on any atom is -0.497 e. The average Bonchev–Trinajstić information content (AvgIpc) is 3.43. The van der Waals surface area contributed by atoms with E-state index in [-0.39, 0.29) is 19.0 Å². The highest BCUT2D eigenvalue weighted by Gasteiger charge is 2.13. The highest BCUT2D eigenvalue weighted by molar-refractivity contribution is 5.69. The van der Waals surface area contributed by atoms with Gasteiger partial charge in [-0.15, -0.1) is 20.4 Å². The molecular weight excluding hydrogens is 388 g/mol. The van der Waals surface area contributed by atoms with Crippen molar-refractivity contribution in [3.63, 3.8) is 0 Å². The molecule has 152 valence electrons. The zero-order valence-electron chi connectivity index (χ0n) is 16.3. The van der Waals surface area contributed by atoms with Crippen LogP contribution in [-0.4, -0.2) is 43.5 Å². The molecule has 4 rings (SSSR count). The van der Waals surface area contributed by atoms with Gasteiger partial charge in [-0.2, -0.15) is 4.80 Å². The highest BCUT2D eigenvalue weighted by atomic mass is 16.5. The van der Waals surface area contributed by atoms with Crippen LogP contribution in [0.1, 0.15) is 11.5 Å². The van der Waals surface area contributed by atoms with Gasteiger partial charge in [0.05, 0.1) is 7.11 Å². The Labute approximate surface area is 171 Å². The zero-order valence-corrected chi connectivity index (χ0v) is 16.3. The first-order valence-electron chi connectivity index (χ1n) is 9.08. The molecule has 0 N–H and O–H groups in total. The van der Waals surface area contributed by atoms with Gasteiger partial charge in [0.15, 0.2) is 13.2 Å². The largest absolute Gasteiger partial charge is 0.497 e. The van der Waals surface area contributed by atoms with Crippen LogP contribution in [0.2, 0.25) is 0 Å². The number of hydrogen-bond acceptors (Lipinski definition) is 9. The molecule has 10 heteroatoms. The normalized spacial score (nSPS) is 10.7. The summed E-state index contributed by atoms with van der Waals surface area (Å²) in [6.45, 7) is 1.66. The minimum atomic E-state index is -0.549. The van der Waals surface area contributed by atoms with E-state index in [9.17, 15) is 4.79 Å². The van der Waals surface area contributed by atoms with Gasteiger partial charge in [-0.05, 0) is 36.4 Å². The standard InChI is InChI=1S/C20H18N6O4/c1-13-3-5-14(6-4-13)19-22-25-26(24-19)11-18(27)29-12-17-21-23-20(30-17)15-7-9-16(28-2)10-8-15/h3-10H,11-12H2,1-2H3. The van der Waals surface area contributed by atoms with Gasteiger partial charge < -0.3 is 13.9 Å². The molecule has 0 unspecified atom stereocenters. The Morgan fingerprint density at radius 1 is 1.00 bits per heavy atom. The van der Waals surface area contributed by atoms with Crippen LogP contribution in [0, 0.1) is 6.92 Å². The van der Waals surface area contributed by atoms with Gasteiger partial charge in [0.25, 0.3) is 5.89 Å². The third-order valence-corrected chi connectivity index (χ3v) is 4.19. The highest BCUT2D eigenvalue weighted by Crippen LogP contribution is 2.21. The summed E-state index contributed by atoms with van der Waals surface area (Å²) in [5.41, 5.74) is 2.68. The topological polar surface area (TPSA) is 118 Å². The summed E-state index contributed by atoms with van der Waals surface area (Å²) in [6.07, 6.45) is 0. The van der Waals surface area contributed by atoms with Crippen molar-refractivity contribution in [2.24, 2.45) is 0 Å². The summed E-state index contributed by atoms with van der Waals surface area (Å²) in [6, 6.07) is 14.9. The lowest BCUT2D eigenvalue weighted by Crippen LogP contribution is -2.15. The number of carbonyl (C=O) groups excluding carboxylic acids is 1. The van der Waals surface area contributed by atoms with Crippen LogP contribution >= 0.6 is 0 Å². The van der Waals surface area contributed by atoms with E-state index in [0.717, 1.165) is 22.4 Å². The molecule has 0 saturated carbocycles. The van der Waals surface area contributed by atoms with Gasteiger partial charge in [-0.1, -0.05) is 29.8 Å². The second-order valence-corrected chi connectivity index (χ2v) is 6.40. The molecule has 0 aliphatic heterocycles. The van der Waals surface area contributed by atoms with E-state index in [1.54, 1.807) is 31.4 Å². The molecule has 4 aromatic rings. The summed E-state index contributed by atoms with van der Waals surface area (Å²) in [5, 5.41) is 19.9. The maximum atomic E-state index is 12.1. The van der Waals surface area contributed by atoms with E-state index in [4.69, 9.17) is 13.9 Å². The summed E-state index contributed by atoms with van der Waals surface area (Å²) in [4.78, 5) is 13.2. The van der Waals surface area contributed by atoms with Crippen molar-refractivity contribution >= 4 is 5.97 Å². The SMILES string of the molecule is COc1ccc(-c2nnc(COC(=O)Cn3nnc(-c4ccc(C)cc4)n3)o2)cc1. The predicted octanol–water partition coefficient (Wildman–Crippen LogP) is 2.45. The zero-order chi connectivity index (χ0) is 20.9. The van der Waals surface area contributed by atoms with Crippen LogP contribution in [0.4, 0.5) is 0 Å². The smallest absolute Gasteiger partial charge is 0.330 e. The Morgan fingerprint density at radius 3 is 2.47 bits per heavy atom. The van der Waals surface area contributed by atoms with E-state index >= 15 is 0 Å². The number of benzene rings is 2. The van der Waals surface area contributed by atoms with Gasteiger partial charge in [-0.3, -0.25) is 0 Å². The Morgan fingerprint density at radius 2 is 1.73 bits per heavy atom. The van der Waals surface area contributed by atoms with Crippen LogP contribution < -0.4 is 4.74 Å². The van der Waals surface area contributed by atoms with Crippen LogP contribution in [0.25, 0.3) is 22.8 Å². The van der Waals surface area contributed by atoms with Crippen LogP contribution in [0.5, 0.6) is 5.75 Å². The van der Waals surface area contributed by atoms with E-state index in [2.05, 4.69) is 25.6 Å². The van der Waals surface area contributed by atoms with E-state index in [1.807, 2.05) is 31.2 Å². The molecule has 0 atom stereocenters. The number of aromatic nitrogens is 6. The molecule has 10 nitrogen and oxygen atoms in total. The van der Waals surface area contributed by atoms with Gasteiger partial charge in [0.1, 0.15) is 5.75 Å². The summed E-state index contributed by atoms with van der Waals surface area (Å²) in [7, 11) is 1.59. The molecule has 0 amide bonds. The van der Waals surface area contributed by atoms with Gasteiger partial charge >= 0.3 is 5.97 Å².